The molecule has 8 heteroatoms. The monoisotopic (exact) mass is 652 g/mol. The molecule has 2 aromatic rings. The largest absolute Gasteiger partial charge is 0.336 e. The quantitative estimate of drug-likeness (QED) is 0.192. The van der Waals surface area contributed by atoms with Crippen LogP contribution < -0.4 is 21.3 Å². The van der Waals surface area contributed by atoms with E-state index in [2.05, 4.69) is 79.6 Å². The average molecular weight is 653 g/mol. The summed E-state index contributed by atoms with van der Waals surface area (Å²) in [6.45, 7) is 3.27. The Morgan fingerprint density at radius 3 is 1.17 bits per heavy atom. The minimum atomic E-state index is -0.115. The van der Waals surface area contributed by atoms with Crippen LogP contribution in [0.1, 0.15) is 136 Å². The number of hydrogen-bond donors (Lipinski definition) is 4. The highest BCUT2D eigenvalue weighted by Gasteiger charge is 2.44. The summed E-state index contributed by atoms with van der Waals surface area (Å²) in [5.74, 6) is 1.52. The number of nitrogens with zero attached hydrogens (tertiary/aromatic N) is 2. The maximum Gasteiger partial charge on any atom is 0.315 e. The van der Waals surface area contributed by atoms with Crippen molar-refractivity contribution < 1.29 is 9.59 Å². The van der Waals surface area contributed by atoms with Crippen LogP contribution in [0, 0.1) is 11.8 Å². The molecule has 4 atom stereocenters. The molecular formula is C40H56N6O2. The number of nitrogens with one attached hydrogen (secondary N) is 4. The van der Waals surface area contributed by atoms with Crippen molar-refractivity contribution in [3.05, 3.63) is 70.8 Å². The summed E-state index contributed by atoms with van der Waals surface area (Å²) in [6, 6.07) is 20.9. The highest BCUT2D eigenvalue weighted by atomic mass is 16.2. The first-order chi connectivity index (χ1) is 23.6. The molecule has 4 aliphatic heterocycles. The van der Waals surface area contributed by atoms with Gasteiger partial charge >= 0.3 is 12.1 Å². The van der Waals surface area contributed by atoms with E-state index in [-0.39, 0.29) is 24.1 Å². The fourth-order valence-corrected chi connectivity index (χ4v) is 10.6. The van der Waals surface area contributed by atoms with Crippen molar-refractivity contribution in [2.45, 2.75) is 126 Å². The fraction of sp³-hybridized carbons (Fsp3) is 0.650. The van der Waals surface area contributed by atoms with Crippen LogP contribution in [0.2, 0.25) is 0 Å². The van der Waals surface area contributed by atoms with Crippen LogP contribution in [-0.2, 0) is 0 Å². The first-order valence-electron chi connectivity index (χ1n) is 19.4. The zero-order valence-electron chi connectivity index (χ0n) is 28.7. The summed E-state index contributed by atoms with van der Waals surface area (Å²) in [4.78, 5) is 30.6. The molecule has 8 rings (SSSR count). The van der Waals surface area contributed by atoms with Crippen molar-refractivity contribution in [2.75, 3.05) is 26.2 Å². The fourth-order valence-electron chi connectivity index (χ4n) is 10.6. The van der Waals surface area contributed by atoms with Gasteiger partial charge in [0.15, 0.2) is 0 Å². The Morgan fingerprint density at radius 1 is 0.500 bits per heavy atom. The molecule has 0 radical (unpaired) electrons. The molecule has 0 aromatic heterocycles. The highest BCUT2D eigenvalue weighted by molar-refractivity contribution is 5.75. The SMILES string of the molecule is O=C(NCCNC(=O)NC1CCC(CCN2[C@@H]3CC[C@H]2c2ccccc23)CC1)NC1CCC(CCN2[C@@H]3CC[C@H]2c2ccccc23)CC1. The Kier molecular flexibility index (Phi) is 9.64. The summed E-state index contributed by atoms with van der Waals surface area (Å²) < 4.78 is 0. The third-order valence-corrected chi connectivity index (χ3v) is 13.1. The minimum Gasteiger partial charge on any atom is -0.336 e. The average Bonchev–Trinajstić information content (AvgIpc) is 3.88. The van der Waals surface area contributed by atoms with Gasteiger partial charge in [-0.2, -0.15) is 0 Å². The second-order valence-electron chi connectivity index (χ2n) is 15.8. The maximum atomic E-state index is 12.5. The first-order valence-corrected chi connectivity index (χ1v) is 19.4. The van der Waals surface area contributed by atoms with E-state index >= 15 is 0 Å². The Hall–Kier alpha value is -3.10. The summed E-state index contributed by atoms with van der Waals surface area (Å²) in [6.07, 6.45) is 16.8. The molecule has 4 fully saturated rings. The van der Waals surface area contributed by atoms with Gasteiger partial charge in [0.2, 0.25) is 0 Å². The van der Waals surface area contributed by atoms with Crippen LogP contribution in [0.3, 0.4) is 0 Å². The lowest BCUT2D eigenvalue weighted by Gasteiger charge is -2.31. The number of rotatable bonds is 11. The van der Waals surface area contributed by atoms with Crippen LogP contribution >= 0.6 is 0 Å². The number of carbonyl (C=O) groups excluding carboxylic acids is 2. The van der Waals surface area contributed by atoms with Crippen molar-refractivity contribution >= 4 is 12.1 Å². The highest BCUT2D eigenvalue weighted by Crippen LogP contribution is 2.54. The lowest BCUT2D eigenvalue weighted by Crippen LogP contribution is -2.48. The predicted octanol–water partition coefficient (Wildman–Crippen LogP) is 7.27. The standard InChI is InChI=1S/C40H56N6O2/c47-39(43-29-13-9-27(10-14-29)21-25-45-35-17-18-36(45)32-6-2-1-5-31(32)35)41-23-24-42-40(48)44-30-15-11-28(12-16-30)22-26-46-37-19-20-38(46)34-8-4-3-7-33(34)37/h1-8,27-30,35-38H,9-26H2,(H2,41,43,47)(H2,42,44,48)/t27?,28?,29?,30?,35-,36+,37-,38+. The third kappa shape index (κ3) is 6.72. The lowest BCUT2D eigenvalue weighted by molar-refractivity contribution is 0.185. The Balaban J connectivity index is 0.654. The maximum absolute atomic E-state index is 12.5. The smallest absolute Gasteiger partial charge is 0.315 e. The van der Waals surface area contributed by atoms with Gasteiger partial charge in [-0.05, 0) is 137 Å². The number of urea groups is 2. The molecule has 2 saturated heterocycles. The number of carbonyl (C=O) groups is 2. The van der Waals surface area contributed by atoms with E-state index in [0.717, 1.165) is 37.5 Å². The predicted molar refractivity (Wildman–Crippen MR) is 190 cm³/mol. The van der Waals surface area contributed by atoms with Gasteiger partial charge in [-0.25, -0.2) is 9.59 Å². The third-order valence-electron chi connectivity index (χ3n) is 13.1. The van der Waals surface area contributed by atoms with Crippen LogP contribution in [-0.4, -0.2) is 60.1 Å². The molecular weight excluding hydrogens is 596 g/mol. The van der Waals surface area contributed by atoms with Gasteiger partial charge in [0.1, 0.15) is 0 Å². The zero-order valence-corrected chi connectivity index (χ0v) is 28.7. The van der Waals surface area contributed by atoms with Crippen molar-refractivity contribution in [2.24, 2.45) is 11.8 Å². The van der Waals surface area contributed by atoms with Crippen molar-refractivity contribution in [1.82, 2.24) is 31.1 Å². The van der Waals surface area contributed by atoms with Crippen LogP contribution in [0.15, 0.2) is 48.5 Å². The Labute approximate surface area is 287 Å². The van der Waals surface area contributed by atoms with Crippen LogP contribution in [0.25, 0.3) is 0 Å². The van der Waals surface area contributed by atoms with E-state index < -0.39 is 0 Å². The minimum absolute atomic E-state index is 0.115. The van der Waals surface area contributed by atoms with E-state index in [1.807, 2.05) is 0 Å². The van der Waals surface area contributed by atoms with E-state index in [4.69, 9.17) is 0 Å². The molecule has 2 saturated carbocycles. The molecule has 2 aliphatic carbocycles. The molecule has 8 nitrogen and oxygen atoms in total. The van der Waals surface area contributed by atoms with Crippen LogP contribution in [0.4, 0.5) is 9.59 Å². The van der Waals surface area contributed by atoms with Gasteiger partial charge in [0.05, 0.1) is 0 Å². The molecule has 6 aliphatic rings. The topological polar surface area (TPSA) is 88.7 Å². The van der Waals surface area contributed by atoms with Gasteiger partial charge < -0.3 is 21.3 Å². The first kappa shape index (κ1) is 32.1. The molecule has 0 spiro atoms. The van der Waals surface area contributed by atoms with Crippen molar-refractivity contribution in [1.29, 1.82) is 0 Å². The van der Waals surface area contributed by atoms with Crippen LogP contribution in [0.5, 0.6) is 0 Å². The number of benzene rings is 2. The molecule has 0 unspecified atom stereocenters. The Morgan fingerprint density at radius 2 is 0.833 bits per heavy atom. The molecule has 4 bridgehead atoms. The van der Waals surface area contributed by atoms with Crippen molar-refractivity contribution in [3.8, 4) is 0 Å². The number of fused-ring (bicyclic) bond motifs is 10. The molecule has 258 valence electrons. The van der Waals surface area contributed by atoms with Gasteiger partial charge in [0, 0.05) is 49.3 Å². The van der Waals surface area contributed by atoms with Gasteiger partial charge in [0.25, 0.3) is 0 Å². The molecule has 2 aromatic carbocycles. The zero-order chi connectivity index (χ0) is 32.5. The summed E-state index contributed by atoms with van der Waals surface area (Å²) in [7, 11) is 0. The number of hydrogen-bond acceptors (Lipinski definition) is 4. The van der Waals surface area contributed by atoms with Gasteiger partial charge in [-0.15, -0.1) is 0 Å². The second-order valence-corrected chi connectivity index (χ2v) is 15.8. The summed E-state index contributed by atoms with van der Waals surface area (Å²) in [5.41, 5.74) is 6.29. The van der Waals surface area contributed by atoms with E-state index in [1.165, 1.54) is 77.3 Å². The normalized spacial score (nSPS) is 32.1. The second kappa shape index (κ2) is 14.4. The van der Waals surface area contributed by atoms with Gasteiger partial charge in [-0.3, -0.25) is 9.80 Å². The van der Waals surface area contributed by atoms with E-state index in [0.29, 0.717) is 37.3 Å². The molecule has 4 N–H and O–H groups in total. The molecule has 4 heterocycles. The summed E-state index contributed by atoms with van der Waals surface area (Å²) in [5, 5.41) is 12.2. The van der Waals surface area contributed by atoms with E-state index in [1.54, 1.807) is 22.3 Å². The lowest BCUT2D eigenvalue weighted by atomic mass is 9.84. The molecule has 4 amide bonds. The van der Waals surface area contributed by atoms with E-state index in [9.17, 15) is 9.59 Å². The van der Waals surface area contributed by atoms with Crippen molar-refractivity contribution in [3.63, 3.8) is 0 Å². The molecule has 48 heavy (non-hydrogen) atoms. The summed E-state index contributed by atoms with van der Waals surface area (Å²) >= 11 is 0. The number of amides is 4. The van der Waals surface area contributed by atoms with Gasteiger partial charge in [-0.1, -0.05) is 48.5 Å². The Bertz CT molecular complexity index is 1260.